The van der Waals surface area contributed by atoms with Crippen molar-refractivity contribution in [3.05, 3.63) is 23.8 Å². The molecule has 1 amide bonds. The van der Waals surface area contributed by atoms with Crippen LogP contribution in [-0.2, 0) is 11.0 Å². The summed E-state index contributed by atoms with van der Waals surface area (Å²) in [6.45, 7) is 0.399. The molecule has 2 atom stereocenters. The second-order valence-corrected chi connectivity index (χ2v) is 5.32. The maximum atomic E-state index is 12.7. The minimum absolute atomic E-state index is 0.00232. The van der Waals surface area contributed by atoms with Crippen molar-refractivity contribution in [2.75, 3.05) is 17.6 Å². The Hall–Kier alpha value is -1.76. The van der Waals surface area contributed by atoms with E-state index in [9.17, 15) is 18.0 Å². The molecule has 5 N–H and O–H groups in total. The average molecular weight is 301 g/mol. The topological polar surface area (TPSA) is 81.1 Å². The van der Waals surface area contributed by atoms with E-state index in [0.29, 0.717) is 13.0 Å². The Bertz CT molecular complexity index is 531. The Morgan fingerprint density at radius 2 is 2.05 bits per heavy atom. The molecule has 0 heterocycles. The van der Waals surface area contributed by atoms with Crippen LogP contribution in [0.4, 0.5) is 24.5 Å². The number of rotatable bonds is 3. The Labute approximate surface area is 120 Å². The monoisotopic (exact) mass is 301 g/mol. The molecule has 4 nitrogen and oxygen atoms in total. The SMILES string of the molecule is NC[C@H]1CCC[C@H]1C(=O)Nc1cc(C(F)(F)F)ccc1N. The van der Waals surface area contributed by atoms with Crippen LogP contribution in [0.15, 0.2) is 18.2 Å². The molecule has 1 saturated carbocycles. The summed E-state index contributed by atoms with van der Waals surface area (Å²) in [6.07, 6.45) is -2.00. The lowest BCUT2D eigenvalue weighted by Crippen LogP contribution is -2.30. The van der Waals surface area contributed by atoms with Gasteiger partial charge >= 0.3 is 6.18 Å². The molecule has 21 heavy (non-hydrogen) atoms. The predicted octanol–water partition coefficient (Wildman–Crippen LogP) is 2.60. The number of nitrogens with two attached hydrogens (primary N) is 2. The summed E-state index contributed by atoms with van der Waals surface area (Å²) >= 11 is 0. The number of amides is 1. The van der Waals surface area contributed by atoms with Crippen molar-refractivity contribution >= 4 is 17.3 Å². The zero-order valence-electron chi connectivity index (χ0n) is 11.4. The molecule has 2 rings (SSSR count). The standard InChI is InChI=1S/C14H18F3N3O/c15-14(16,17)9-4-5-11(19)12(6-9)20-13(21)10-3-1-2-8(10)7-18/h4-6,8,10H,1-3,7,18-19H2,(H,20,21)/t8-,10-/m1/s1. The number of nitrogen functional groups attached to an aromatic ring is 1. The lowest BCUT2D eigenvalue weighted by molar-refractivity contribution is -0.137. The van der Waals surface area contributed by atoms with Gasteiger partial charge in [-0.25, -0.2) is 0 Å². The van der Waals surface area contributed by atoms with Gasteiger partial charge in [0.2, 0.25) is 5.91 Å². The molecule has 0 aromatic heterocycles. The van der Waals surface area contributed by atoms with E-state index in [2.05, 4.69) is 5.32 Å². The molecular formula is C14H18F3N3O. The summed E-state index contributed by atoms with van der Waals surface area (Å²) in [5, 5.41) is 2.51. The minimum atomic E-state index is -4.47. The second kappa shape index (κ2) is 5.93. The fourth-order valence-electron chi connectivity index (χ4n) is 2.73. The van der Waals surface area contributed by atoms with Gasteiger partial charge in [-0.05, 0) is 43.5 Å². The number of carbonyl (C=O) groups is 1. The van der Waals surface area contributed by atoms with Crippen molar-refractivity contribution in [3.63, 3.8) is 0 Å². The summed E-state index contributed by atoms with van der Waals surface area (Å²) in [5.41, 5.74) is 10.5. The maximum absolute atomic E-state index is 12.7. The molecule has 0 spiro atoms. The molecule has 116 valence electrons. The van der Waals surface area contributed by atoms with Gasteiger partial charge in [0.1, 0.15) is 0 Å². The van der Waals surface area contributed by atoms with Crippen LogP contribution in [0, 0.1) is 11.8 Å². The van der Waals surface area contributed by atoms with Crippen molar-refractivity contribution in [2.45, 2.75) is 25.4 Å². The van der Waals surface area contributed by atoms with Crippen LogP contribution in [-0.4, -0.2) is 12.5 Å². The number of benzene rings is 1. The molecule has 0 saturated heterocycles. The highest BCUT2D eigenvalue weighted by Gasteiger charge is 2.33. The van der Waals surface area contributed by atoms with Gasteiger partial charge in [0, 0.05) is 5.92 Å². The molecule has 0 unspecified atom stereocenters. The van der Waals surface area contributed by atoms with E-state index >= 15 is 0 Å². The maximum Gasteiger partial charge on any atom is 0.416 e. The minimum Gasteiger partial charge on any atom is -0.397 e. The highest BCUT2D eigenvalue weighted by molar-refractivity contribution is 5.95. The number of anilines is 2. The van der Waals surface area contributed by atoms with Gasteiger partial charge in [-0.15, -0.1) is 0 Å². The second-order valence-electron chi connectivity index (χ2n) is 5.32. The van der Waals surface area contributed by atoms with Gasteiger partial charge in [0.15, 0.2) is 0 Å². The number of carbonyl (C=O) groups excluding carboxylic acids is 1. The summed E-state index contributed by atoms with van der Waals surface area (Å²) in [5.74, 6) is -0.491. The molecule has 0 radical (unpaired) electrons. The van der Waals surface area contributed by atoms with Crippen LogP contribution < -0.4 is 16.8 Å². The normalized spacial score (nSPS) is 22.3. The third-order valence-corrected chi connectivity index (χ3v) is 3.94. The number of nitrogens with one attached hydrogen (secondary N) is 1. The van der Waals surface area contributed by atoms with Gasteiger partial charge in [-0.3, -0.25) is 4.79 Å². The summed E-state index contributed by atoms with van der Waals surface area (Å²) < 4.78 is 38.1. The van der Waals surface area contributed by atoms with Crippen LogP contribution in [0.2, 0.25) is 0 Å². The zero-order valence-corrected chi connectivity index (χ0v) is 11.4. The van der Waals surface area contributed by atoms with E-state index in [1.54, 1.807) is 0 Å². The molecule has 0 aliphatic heterocycles. The number of alkyl halides is 3. The third-order valence-electron chi connectivity index (χ3n) is 3.94. The van der Waals surface area contributed by atoms with Crippen LogP contribution >= 0.6 is 0 Å². The fourth-order valence-corrected chi connectivity index (χ4v) is 2.73. The van der Waals surface area contributed by atoms with E-state index in [-0.39, 0.29) is 29.1 Å². The van der Waals surface area contributed by atoms with E-state index in [0.717, 1.165) is 31.0 Å². The first kappa shape index (κ1) is 15.6. The number of halogens is 3. The fraction of sp³-hybridized carbons (Fsp3) is 0.500. The smallest absolute Gasteiger partial charge is 0.397 e. The van der Waals surface area contributed by atoms with Gasteiger partial charge in [-0.2, -0.15) is 13.2 Å². The largest absolute Gasteiger partial charge is 0.416 e. The van der Waals surface area contributed by atoms with Crippen LogP contribution in [0.5, 0.6) is 0 Å². The van der Waals surface area contributed by atoms with Crippen LogP contribution in [0.3, 0.4) is 0 Å². The zero-order chi connectivity index (χ0) is 15.6. The first-order valence-corrected chi connectivity index (χ1v) is 6.80. The van der Waals surface area contributed by atoms with E-state index in [1.807, 2.05) is 0 Å². The summed E-state index contributed by atoms with van der Waals surface area (Å²) in [6, 6.07) is 2.90. The van der Waals surface area contributed by atoms with Crippen molar-refractivity contribution < 1.29 is 18.0 Å². The first-order chi connectivity index (χ1) is 9.82. The van der Waals surface area contributed by atoms with Crippen molar-refractivity contribution in [2.24, 2.45) is 17.6 Å². The molecule has 1 aliphatic carbocycles. The average Bonchev–Trinajstić information content (AvgIpc) is 2.88. The van der Waals surface area contributed by atoms with Gasteiger partial charge in [0.05, 0.1) is 16.9 Å². The molecule has 1 aromatic rings. The van der Waals surface area contributed by atoms with Crippen LogP contribution in [0.25, 0.3) is 0 Å². The summed E-state index contributed by atoms with van der Waals surface area (Å²) in [4.78, 5) is 12.2. The molecule has 1 fully saturated rings. The van der Waals surface area contributed by atoms with Crippen molar-refractivity contribution in [1.82, 2.24) is 0 Å². The van der Waals surface area contributed by atoms with E-state index in [1.165, 1.54) is 0 Å². The lowest BCUT2D eigenvalue weighted by Gasteiger charge is -2.19. The van der Waals surface area contributed by atoms with Gasteiger partial charge in [0.25, 0.3) is 0 Å². The predicted molar refractivity (Wildman–Crippen MR) is 74.4 cm³/mol. The van der Waals surface area contributed by atoms with Gasteiger partial charge < -0.3 is 16.8 Å². The number of hydrogen-bond acceptors (Lipinski definition) is 3. The van der Waals surface area contributed by atoms with Crippen molar-refractivity contribution in [3.8, 4) is 0 Å². The Balaban J connectivity index is 2.17. The van der Waals surface area contributed by atoms with E-state index < -0.39 is 11.7 Å². The van der Waals surface area contributed by atoms with Gasteiger partial charge in [-0.1, -0.05) is 6.42 Å². The highest BCUT2D eigenvalue weighted by Crippen LogP contribution is 2.35. The quantitative estimate of drug-likeness (QED) is 0.751. The molecular weight excluding hydrogens is 283 g/mol. The molecule has 0 bridgehead atoms. The Kier molecular flexibility index (Phi) is 4.41. The third kappa shape index (κ3) is 3.47. The van der Waals surface area contributed by atoms with Crippen LogP contribution in [0.1, 0.15) is 24.8 Å². The summed E-state index contributed by atoms with van der Waals surface area (Å²) in [7, 11) is 0. The Morgan fingerprint density at radius 3 is 2.67 bits per heavy atom. The van der Waals surface area contributed by atoms with E-state index in [4.69, 9.17) is 11.5 Å². The lowest BCUT2D eigenvalue weighted by atomic mass is 9.95. The molecule has 1 aliphatic rings. The van der Waals surface area contributed by atoms with Crippen molar-refractivity contribution in [1.29, 1.82) is 0 Å². The highest BCUT2D eigenvalue weighted by atomic mass is 19.4. The first-order valence-electron chi connectivity index (χ1n) is 6.80. The molecule has 1 aromatic carbocycles. The molecule has 7 heteroatoms. The number of hydrogen-bond donors (Lipinski definition) is 3. The Morgan fingerprint density at radius 1 is 1.33 bits per heavy atom.